The molecular formula is C22H19ClO4. The Balaban J connectivity index is 1.69. The molecule has 0 unspecified atom stereocenters. The first-order valence-corrected chi connectivity index (χ1v) is 9.53. The van der Waals surface area contributed by atoms with Crippen molar-refractivity contribution in [2.45, 2.75) is 38.2 Å². The Kier molecular flexibility index (Phi) is 4.99. The van der Waals surface area contributed by atoms with Crippen molar-refractivity contribution in [3.05, 3.63) is 69.5 Å². The summed E-state index contributed by atoms with van der Waals surface area (Å²) in [5.41, 5.74) is 1.19. The summed E-state index contributed by atoms with van der Waals surface area (Å²) < 4.78 is 11.0. The van der Waals surface area contributed by atoms with Gasteiger partial charge in [-0.15, -0.1) is 0 Å². The van der Waals surface area contributed by atoms with Crippen LogP contribution in [0, 0.1) is 0 Å². The van der Waals surface area contributed by atoms with Crippen molar-refractivity contribution < 1.29 is 13.9 Å². The second-order valence-electron chi connectivity index (χ2n) is 6.85. The molecule has 0 N–H and O–H groups in total. The number of fused-ring (bicyclic) bond motifs is 1. The maximum atomic E-state index is 12.5. The van der Waals surface area contributed by atoms with E-state index in [2.05, 4.69) is 0 Å². The molecule has 1 saturated carbocycles. The highest BCUT2D eigenvalue weighted by Crippen LogP contribution is 2.30. The normalized spacial score (nSPS) is 15.0. The minimum absolute atomic E-state index is 0.0314. The first-order chi connectivity index (χ1) is 13.1. The van der Waals surface area contributed by atoms with Gasteiger partial charge < -0.3 is 9.15 Å². The number of carbonyl (C=O) groups excluding carboxylic acids is 1. The lowest BCUT2D eigenvalue weighted by Gasteiger charge is -2.22. The fraction of sp³-hybridized carbons (Fsp3) is 0.273. The molecule has 0 radical (unpaired) electrons. The fourth-order valence-corrected chi connectivity index (χ4v) is 3.73. The van der Waals surface area contributed by atoms with Crippen LogP contribution in [0.15, 0.2) is 57.7 Å². The van der Waals surface area contributed by atoms with Gasteiger partial charge in [0, 0.05) is 16.0 Å². The van der Waals surface area contributed by atoms with Gasteiger partial charge in [0.05, 0.1) is 11.1 Å². The molecular weight excluding hydrogens is 364 g/mol. The van der Waals surface area contributed by atoms with E-state index in [4.69, 9.17) is 20.8 Å². The van der Waals surface area contributed by atoms with Crippen molar-refractivity contribution in [1.82, 2.24) is 0 Å². The molecule has 4 nitrogen and oxygen atoms in total. The minimum atomic E-state index is -0.492. The summed E-state index contributed by atoms with van der Waals surface area (Å²) in [5, 5.41) is 1.17. The Morgan fingerprint density at radius 1 is 1.00 bits per heavy atom. The quantitative estimate of drug-likeness (QED) is 0.437. The van der Waals surface area contributed by atoms with E-state index in [-0.39, 0.29) is 12.1 Å². The molecule has 0 amide bonds. The molecule has 0 aliphatic heterocycles. The molecule has 27 heavy (non-hydrogen) atoms. The van der Waals surface area contributed by atoms with Crippen molar-refractivity contribution in [2.75, 3.05) is 0 Å². The summed E-state index contributed by atoms with van der Waals surface area (Å²) >= 11 is 6.32. The average Bonchev–Trinajstić information content (AvgIpc) is 2.69. The molecule has 5 heteroatoms. The third-order valence-electron chi connectivity index (χ3n) is 4.96. The molecule has 1 heterocycles. The zero-order chi connectivity index (χ0) is 18.8. The summed E-state index contributed by atoms with van der Waals surface area (Å²) in [6.45, 7) is 0. The first kappa shape index (κ1) is 17.8. The molecule has 1 aliphatic rings. The Hall–Kier alpha value is -2.59. The van der Waals surface area contributed by atoms with E-state index in [9.17, 15) is 9.59 Å². The predicted molar refractivity (Wildman–Crippen MR) is 105 cm³/mol. The van der Waals surface area contributed by atoms with E-state index >= 15 is 0 Å². The van der Waals surface area contributed by atoms with Crippen molar-refractivity contribution >= 4 is 28.5 Å². The Labute approximate surface area is 161 Å². The van der Waals surface area contributed by atoms with Gasteiger partial charge in [0.2, 0.25) is 0 Å². The van der Waals surface area contributed by atoms with Gasteiger partial charge in [-0.1, -0.05) is 36.2 Å². The lowest BCUT2D eigenvalue weighted by atomic mass is 9.97. The number of halogens is 1. The molecule has 0 spiro atoms. The number of esters is 1. The Morgan fingerprint density at radius 2 is 1.78 bits per heavy atom. The van der Waals surface area contributed by atoms with Crippen LogP contribution in [0.4, 0.5) is 0 Å². The summed E-state index contributed by atoms with van der Waals surface area (Å²) in [6, 6.07) is 13.8. The van der Waals surface area contributed by atoms with Gasteiger partial charge in [-0.2, -0.15) is 0 Å². The zero-order valence-corrected chi connectivity index (χ0v) is 15.5. The Bertz CT molecular complexity index is 1050. The molecule has 0 atom stereocenters. The second kappa shape index (κ2) is 7.57. The van der Waals surface area contributed by atoms with Crippen LogP contribution in [0.25, 0.3) is 22.1 Å². The molecule has 2 aromatic carbocycles. The first-order valence-electron chi connectivity index (χ1n) is 9.15. The topological polar surface area (TPSA) is 56.5 Å². The fourth-order valence-electron chi connectivity index (χ4n) is 3.51. The number of ether oxygens (including phenoxy) is 1. The smallest absolute Gasteiger partial charge is 0.344 e. The summed E-state index contributed by atoms with van der Waals surface area (Å²) in [4.78, 5) is 25.0. The monoisotopic (exact) mass is 382 g/mol. The van der Waals surface area contributed by atoms with Gasteiger partial charge >= 0.3 is 11.6 Å². The third kappa shape index (κ3) is 3.76. The maximum absolute atomic E-state index is 12.5. The maximum Gasteiger partial charge on any atom is 0.344 e. The van der Waals surface area contributed by atoms with Crippen LogP contribution >= 0.6 is 11.6 Å². The number of benzene rings is 2. The van der Waals surface area contributed by atoms with Gasteiger partial charge in [-0.3, -0.25) is 0 Å². The molecule has 1 aliphatic carbocycles. The van der Waals surface area contributed by atoms with Crippen molar-refractivity contribution in [3.8, 4) is 11.1 Å². The molecule has 0 bridgehead atoms. The van der Waals surface area contributed by atoms with Crippen LogP contribution in [0.5, 0.6) is 0 Å². The standard InChI is InChI=1S/C22H19ClO4/c23-19-11-10-15(21(24)26-16-7-2-1-3-8-16)13-17(19)18-12-14-6-4-5-9-20(14)27-22(18)25/h4-6,9-13,16H,1-3,7-8H2. The number of rotatable bonds is 3. The summed E-state index contributed by atoms with van der Waals surface area (Å²) in [6.07, 6.45) is 5.14. The van der Waals surface area contributed by atoms with Crippen LogP contribution < -0.4 is 5.63 Å². The number of hydrogen-bond acceptors (Lipinski definition) is 4. The highest BCUT2D eigenvalue weighted by Gasteiger charge is 2.20. The lowest BCUT2D eigenvalue weighted by Crippen LogP contribution is -2.21. The van der Waals surface area contributed by atoms with Gasteiger partial charge in [0.1, 0.15) is 11.7 Å². The van der Waals surface area contributed by atoms with Crippen molar-refractivity contribution in [2.24, 2.45) is 0 Å². The van der Waals surface area contributed by atoms with Crippen molar-refractivity contribution in [3.63, 3.8) is 0 Å². The van der Waals surface area contributed by atoms with Gasteiger partial charge in [-0.25, -0.2) is 9.59 Å². The highest BCUT2D eigenvalue weighted by molar-refractivity contribution is 6.33. The molecule has 138 valence electrons. The second-order valence-corrected chi connectivity index (χ2v) is 7.25. The zero-order valence-electron chi connectivity index (χ0n) is 14.7. The average molecular weight is 383 g/mol. The predicted octanol–water partition coefficient (Wildman–Crippen LogP) is 5.60. The number of hydrogen-bond donors (Lipinski definition) is 0. The molecule has 4 rings (SSSR count). The van der Waals surface area contributed by atoms with Crippen LogP contribution in [-0.4, -0.2) is 12.1 Å². The molecule has 1 aromatic heterocycles. The summed E-state index contributed by atoms with van der Waals surface area (Å²) in [5.74, 6) is -0.384. The van der Waals surface area contributed by atoms with E-state index in [1.807, 2.05) is 12.1 Å². The molecule has 3 aromatic rings. The van der Waals surface area contributed by atoms with Crippen molar-refractivity contribution in [1.29, 1.82) is 0 Å². The van der Waals surface area contributed by atoms with Crippen LogP contribution in [-0.2, 0) is 4.74 Å². The number of para-hydroxylation sites is 1. The largest absolute Gasteiger partial charge is 0.459 e. The van der Waals surface area contributed by atoms with Crippen LogP contribution in [0.2, 0.25) is 5.02 Å². The number of carbonyl (C=O) groups is 1. The van der Waals surface area contributed by atoms with Crippen LogP contribution in [0.3, 0.4) is 0 Å². The third-order valence-corrected chi connectivity index (χ3v) is 5.29. The van der Waals surface area contributed by atoms with E-state index in [0.29, 0.717) is 27.3 Å². The van der Waals surface area contributed by atoms with E-state index in [0.717, 1.165) is 31.1 Å². The van der Waals surface area contributed by atoms with E-state index in [1.165, 1.54) is 6.42 Å². The van der Waals surface area contributed by atoms with E-state index < -0.39 is 5.63 Å². The highest BCUT2D eigenvalue weighted by atomic mass is 35.5. The van der Waals surface area contributed by atoms with Gasteiger partial charge in [0.25, 0.3) is 0 Å². The SMILES string of the molecule is O=C(OC1CCCCC1)c1ccc(Cl)c(-c2cc3ccccc3oc2=O)c1. The lowest BCUT2D eigenvalue weighted by molar-refractivity contribution is 0.0211. The van der Waals surface area contributed by atoms with Crippen LogP contribution in [0.1, 0.15) is 42.5 Å². The Morgan fingerprint density at radius 3 is 2.59 bits per heavy atom. The van der Waals surface area contributed by atoms with E-state index in [1.54, 1.807) is 36.4 Å². The molecule has 0 saturated heterocycles. The molecule has 1 fully saturated rings. The summed E-state index contributed by atoms with van der Waals surface area (Å²) in [7, 11) is 0. The van der Waals surface area contributed by atoms with Gasteiger partial charge in [0.15, 0.2) is 0 Å². The van der Waals surface area contributed by atoms with Gasteiger partial charge in [-0.05, 0) is 56.0 Å². The minimum Gasteiger partial charge on any atom is -0.459 e.